The smallest absolute Gasteiger partial charge is 0.251 e. The van der Waals surface area contributed by atoms with Crippen LogP contribution in [0.3, 0.4) is 0 Å². The molecule has 0 radical (unpaired) electrons. The van der Waals surface area contributed by atoms with Crippen molar-refractivity contribution in [1.82, 2.24) is 30.1 Å². The van der Waals surface area contributed by atoms with Crippen molar-refractivity contribution in [3.05, 3.63) is 42.6 Å². The van der Waals surface area contributed by atoms with E-state index < -0.39 is 0 Å². The van der Waals surface area contributed by atoms with Crippen molar-refractivity contribution in [3.63, 3.8) is 0 Å². The van der Waals surface area contributed by atoms with E-state index in [0.29, 0.717) is 17.9 Å². The zero-order valence-corrected chi connectivity index (χ0v) is 15.6. The van der Waals surface area contributed by atoms with Gasteiger partial charge in [-0.05, 0) is 25.1 Å². The fourth-order valence-electron chi connectivity index (χ4n) is 2.64. The van der Waals surface area contributed by atoms with Gasteiger partial charge in [-0.2, -0.15) is 0 Å². The minimum atomic E-state index is -0.0610. The van der Waals surface area contributed by atoms with Crippen LogP contribution >= 0.6 is 24.8 Å². The first kappa shape index (κ1) is 21.4. The van der Waals surface area contributed by atoms with E-state index in [0.717, 1.165) is 39.1 Å². The van der Waals surface area contributed by atoms with Gasteiger partial charge in [-0.1, -0.05) is 0 Å². The summed E-state index contributed by atoms with van der Waals surface area (Å²) in [5.74, 6) is 0.630. The summed E-state index contributed by atoms with van der Waals surface area (Å²) in [7, 11) is 0. The summed E-state index contributed by atoms with van der Waals surface area (Å²) in [5, 5.41) is 6.32. The number of halogens is 2. The van der Waals surface area contributed by atoms with Crippen LogP contribution < -0.4 is 10.6 Å². The molecule has 0 spiro atoms. The summed E-state index contributed by atoms with van der Waals surface area (Å²) in [6.07, 6.45) is 7.76. The van der Waals surface area contributed by atoms with Gasteiger partial charge in [0.05, 0.1) is 0 Å². The van der Waals surface area contributed by atoms with Gasteiger partial charge in [-0.25, -0.2) is 9.97 Å². The van der Waals surface area contributed by atoms with Gasteiger partial charge in [-0.3, -0.25) is 9.36 Å². The van der Waals surface area contributed by atoms with Crippen molar-refractivity contribution in [2.24, 2.45) is 0 Å². The van der Waals surface area contributed by atoms with Crippen LogP contribution in [0.1, 0.15) is 16.8 Å². The number of hydrogen-bond donors (Lipinski definition) is 2. The first-order chi connectivity index (χ1) is 11.3. The van der Waals surface area contributed by atoms with Crippen LogP contribution in [0.2, 0.25) is 0 Å². The van der Waals surface area contributed by atoms with Gasteiger partial charge in [-0.15, -0.1) is 24.8 Å². The minimum Gasteiger partial charge on any atom is -0.352 e. The largest absolute Gasteiger partial charge is 0.352 e. The second-order valence-electron chi connectivity index (χ2n) is 5.57. The molecule has 1 aliphatic rings. The highest BCUT2D eigenvalue weighted by molar-refractivity contribution is 5.94. The molecular formula is C16H24Cl2N6O. The highest BCUT2D eigenvalue weighted by Gasteiger charge is 2.10. The van der Waals surface area contributed by atoms with Crippen LogP contribution in [0.25, 0.3) is 5.82 Å². The van der Waals surface area contributed by atoms with Crippen LogP contribution in [-0.4, -0.2) is 64.6 Å². The quantitative estimate of drug-likeness (QED) is 0.728. The molecule has 138 valence electrons. The molecule has 0 aliphatic carbocycles. The lowest BCUT2D eigenvalue weighted by molar-refractivity contribution is 0.0951. The molecule has 9 heteroatoms. The maximum absolute atomic E-state index is 12.2. The van der Waals surface area contributed by atoms with Gasteiger partial charge in [0, 0.05) is 56.9 Å². The fourth-order valence-corrected chi connectivity index (χ4v) is 2.64. The normalized spacial score (nSPS) is 14.2. The maximum atomic E-state index is 12.2. The average Bonchev–Trinajstić information content (AvgIpc) is 3.14. The number of carbonyl (C=O) groups is 1. The summed E-state index contributed by atoms with van der Waals surface area (Å²) in [4.78, 5) is 22.9. The molecule has 0 saturated carbocycles. The lowest BCUT2D eigenvalue weighted by atomic mass is 10.2. The Balaban J connectivity index is 0.00000156. The van der Waals surface area contributed by atoms with E-state index in [2.05, 4.69) is 25.5 Å². The molecular weight excluding hydrogens is 363 g/mol. The Morgan fingerprint density at radius 2 is 2.04 bits per heavy atom. The summed E-state index contributed by atoms with van der Waals surface area (Å²) < 4.78 is 1.78. The molecule has 2 N–H and O–H groups in total. The van der Waals surface area contributed by atoms with Crippen LogP contribution in [-0.2, 0) is 0 Å². The molecule has 3 heterocycles. The van der Waals surface area contributed by atoms with Gasteiger partial charge in [0.2, 0.25) is 0 Å². The van der Waals surface area contributed by atoms with Crippen LogP contribution in [0, 0.1) is 0 Å². The Labute approximate surface area is 160 Å². The molecule has 1 amide bonds. The van der Waals surface area contributed by atoms with Gasteiger partial charge in [0.25, 0.3) is 5.91 Å². The van der Waals surface area contributed by atoms with E-state index in [4.69, 9.17) is 0 Å². The number of nitrogens with zero attached hydrogens (tertiary/aromatic N) is 4. The van der Waals surface area contributed by atoms with Gasteiger partial charge >= 0.3 is 0 Å². The van der Waals surface area contributed by atoms with E-state index in [9.17, 15) is 4.79 Å². The third-order valence-electron chi connectivity index (χ3n) is 3.92. The summed E-state index contributed by atoms with van der Waals surface area (Å²) in [5.41, 5.74) is 0.617. The Kier molecular flexibility index (Phi) is 9.44. The standard InChI is InChI=1S/C16H22N6O.2ClH/c23-16(20-3-1-8-21-9-5-17-6-10-21)14-2-4-19-15(12-14)22-11-7-18-13-22;;/h2,4,7,11-13,17H,1,3,5-6,8-10H2,(H,20,23);2*1H. The van der Waals surface area contributed by atoms with E-state index in [-0.39, 0.29) is 30.7 Å². The van der Waals surface area contributed by atoms with Crippen molar-refractivity contribution < 1.29 is 4.79 Å². The molecule has 7 nitrogen and oxygen atoms in total. The second-order valence-corrected chi connectivity index (χ2v) is 5.57. The van der Waals surface area contributed by atoms with Crippen LogP contribution in [0.4, 0.5) is 0 Å². The number of carbonyl (C=O) groups excluding carboxylic acids is 1. The third kappa shape index (κ3) is 6.28. The number of rotatable bonds is 6. The first-order valence-corrected chi connectivity index (χ1v) is 7.98. The zero-order chi connectivity index (χ0) is 15.9. The molecule has 0 atom stereocenters. The molecule has 1 fully saturated rings. The summed E-state index contributed by atoms with van der Waals surface area (Å²) >= 11 is 0. The van der Waals surface area contributed by atoms with Crippen molar-refractivity contribution in [1.29, 1.82) is 0 Å². The Bertz CT molecular complexity index is 631. The van der Waals surface area contributed by atoms with Crippen molar-refractivity contribution in [2.45, 2.75) is 6.42 Å². The third-order valence-corrected chi connectivity index (χ3v) is 3.92. The SMILES string of the molecule is Cl.Cl.O=C(NCCCN1CCNCC1)c1ccnc(-n2ccnc2)c1. The molecule has 0 unspecified atom stereocenters. The molecule has 0 bridgehead atoms. The second kappa shape index (κ2) is 11.0. The van der Waals surface area contributed by atoms with Gasteiger partial charge < -0.3 is 15.5 Å². The van der Waals surface area contributed by atoms with Crippen LogP contribution in [0.15, 0.2) is 37.1 Å². The predicted molar refractivity (Wildman–Crippen MR) is 102 cm³/mol. The lowest BCUT2D eigenvalue weighted by Crippen LogP contribution is -2.44. The first-order valence-electron chi connectivity index (χ1n) is 7.98. The molecule has 1 saturated heterocycles. The number of pyridine rings is 1. The van der Waals surface area contributed by atoms with E-state index in [1.807, 2.05) is 0 Å². The van der Waals surface area contributed by atoms with E-state index in [1.54, 1.807) is 41.6 Å². The van der Waals surface area contributed by atoms with Gasteiger partial charge in [0.1, 0.15) is 12.1 Å². The highest BCUT2D eigenvalue weighted by atomic mass is 35.5. The molecule has 0 aromatic carbocycles. The Morgan fingerprint density at radius 1 is 1.24 bits per heavy atom. The zero-order valence-electron chi connectivity index (χ0n) is 13.9. The molecule has 3 rings (SSSR count). The monoisotopic (exact) mass is 386 g/mol. The van der Waals surface area contributed by atoms with Crippen molar-refractivity contribution in [3.8, 4) is 5.82 Å². The summed E-state index contributed by atoms with van der Waals surface area (Å²) in [6, 6.07) is 3.50. The van der Waals surface area contributed by atoms with Crippen LogP contribution in [0.5, 0.6) is 0 Å². The number of aromatic nitrogens is 3. The minimum absolute atomic E-state index is 0. The lowest BCUT2D eigenvalue weighted by Gasteiger charge is -2.27. The summed E-state index contributed by atoms with van der Waals surface area (Å²) in [6.45, 7) is 6.00. The topological polar surface area (TPSA) is 75.1 Å². The molecule has 25 heavy (non-hydrogen) atoms. The number of imidazole rings is 1. The highest BCUT2D eigenvalue weighted by Crippen LogP contribution is 2.06. The maximum Gasteiger partial charge on any atom is 0.251 e. The Morgan fingerprint density at radius 3 is 2.76 bits per heavy atom. The predicted octanol–water partition coefficient (Wildman–Crippen LogP) is 1.14. The van der Waals surface area contributed by atoms with Crippen molar-refractivity contribution >= 4 is 30.7 Å². The fraction of sp³-hybridized carbons (Fsp3) is 0.438. The average molecular weight is 387 g/mol. The van der Waals surface area contributed by atoms with Gasteiger partial charge in [0.15, 0.2) is 0 Å². The molecule has 1 aliphatic heterocycles. The molecule has 2 aromatic heterocycles. The number of amides is 1. The number of piperazine rings is 1. The number of hydrogen-bond acceptors (Lipinski definition) is 5. The van der Waals surface area contributed by atoms with E-state index in [1.165, 1.54) is 0 Å². The number of nitrogens with one attached hydrogen (secondary N) is 2. The van der Waals surface area contributed by atoms with Crippen molar-refractivity contribution in [2.75, 3.05) is 39.3 Å². The Hall–Kier alpha value is -1.67. The van der Waals surface area contributed by atoms with E-state index >= 15 is 0 Å². The molecule has 2 aromatic rings.